The lowest BCUT2D eigenvalue weighted by Gasteiger charge is -2.16. The fourth-order valence-electron chi connectivity index (χ4n) is 3.66. The molecule has 11 heteroatoms. The van der Waals surface area contributed by atoms with Crippen molar-refractivity contribution in [2.45, 2.75) is 13.2 Å². The van der Waals surface area contributed by atoms with E-state index in [1.165, 1.54) is 17.7 Å². The molecule has 0 fully saturated rings. The summed E-state index contributed by atoms with van der Waals surface area (Å²) in [6, 6.07) is 12.7. The zero-order chi connectivity index (χ0) is 25.2. The number of pyridine rings is 2. The maximum absolute atomic E-state index is 11.7. The summed E-state index contributed by atoms with van der Waals surface area (Å²) in [6.45, 7) is 4.94. The lowest BCUT2D eigenvalue weighted by atomic mass is 10.0. The summed E-state index contributed by atoms with van der Waals surface area (Å²) >= 11 is 0. The molecule has 0 aliphatic carbocycles. The average molecular weight is 489 g/mol. The first-order valence-corrected chi connectivity index (χ1v) is 11.9. The number of fused-ring (bicyclic) bond motifs is 1. The quantitative estimate of drug-likeness (QED) is 0.255. The SMILES string of the molecule is C=CC(=O)Nc1cncc(-c2cnc3c(c2)c(-c2cccc(C#N)c2)cn3C(C)OP(=O)(O)O)c1. The second-order valence-electron chi connectivity index (χ2n) is 7.59. The van der Waals surface area contributed by atoms with E-state index in [1.54, 1.807) is 42.9 Å². The van der Waals surface area contributed by atoms with Gasteiger partial charge in [0.1, 0.15) is 11.9 Å². The number of hydrogen-bond acceptors (Lipinski definition) is 6. The summed E-state index contributed by atoms with van der Waals surface area (Å²) in [7, 11) is -4.76. The molecule has 3 N–H and O–H groups in total. The molecule has 0 spiro atoms. The lowest BCUT2D eigenvalue weighted by Crippen LogP contribution is -2.07. The van der Waals surface area contributed by atoms with Gasteiger partial charge in [-0.15, -0.1) is 0 Å². The van der Waals surface area contributed by atoms with Gasteiger partial charge in [0.15, 0.2) is 0 Å². The van der Waals surface area contributed by atoms with Gasteiger partial charge >= 0.3 is 7.82 Å². The zero-order valence-corrected chi connectivity index (χ0v) is 19.4. The van der Waals surface area contributed by atoms with Crippen LogP contribution >= 0.6 is 7.82 Å². The van der Waals surface area contributed by atoms with Gasteiger partial charge in [0, 0.05) is 40.7 Å². The van der Waals surface area contributed by atoms with Crippen LogP contribution in [-0.2, 0) is 13.9 Å². The molecule has 10 nitrogen and oxygen atoms in total. The van der Waals surface area contributed by atoms with E-state index in [2.05, 4.69) is 27.9 Å². The van der Waals surface area contributed by atoms with Gasteiger partial charge in [0.2, 0.25) is 5.91 Å². The van der Waals surface area contributed by atoms with Crippen LogP contribution in [-0.4, -0.2) is 30.2 Å². The fraction of sp³-hybridized carbons (Fsp3) is 0.0833. The first kappa shape index (κ1) is 24.0. The molecule has 1 aromatic carbocycles. The summed E-state index contributed by atoms with van der Waals surface area (Å²) < 4.78 is 17.8. The minimum atomic E-state index is -4.76. The van der Waals surface area contributed by atoms with Crippen molar-refractivity contribution in [3.8, 4) is 28.3 Å². The molecule has 3 aromatic heterocycles. The molecule has 35 heavy (non-hydrogen) atoms. The van der Waals surface area contributed by atoms with Crippen LogP contribution in [0.25, 0.3) is 33.3 Å². The molecule has 0 bridgehead atoms. The number of rotatable bonds is 7. The molecular weight excluding hydrogens is 469 g/mol. The van der Waals surface area contributed by atoms with E-state index < -0.39 is 14.1 Å². The minimum absolute atomic E-state index is 0.367. The number of amides is 1. The van der Waals surface area contributed by atoms with Crippen LogP contribution in [0.15, 0.2) is 73.8 Å². The highest BCUT2D eigenvalue weighted by atomic mass is 31.2. The predicted octanol–water partition coefficient (Wildman–Crippen LogP) is 4.39. The standard InChI is InChI=1S/C24H20N5O5P/c1-3-23(30)28-20-8-18(11-26-13-20)19-9-21-22(17-6-4-5-16(7-17)10-25)14-29(24(21)27-12-19)15(2)34-35(31,32)33/h3-9,11-15H,1H2,2H3,(H,28,30)(H2,31,32,33). The van der Waals surface area contributed by atoms with E-state index in [1.807, 2.05) is 12.1 Å². The van der Waals surface area contributed by atoms with E-state index >= 15 is 0 Å². The Labute approximate surface area is 200 Å². The lowest BCUT2D eigenvalue weighted by molar-refractivity contribution is -0.111. The third-order valence-corrected chi connectivity index (χ3v) is 5.76. The molecule has 176 valence electrons. The molecule has 4 aromatic rings. The summed E-state index contributed by atoms with van der Waals surface area (Å²) in [5.74, 6) is -0.367. The van der Waals surface area contributed by atoms with Gasteiger partial charge in [0.05, 0.1) is 23.5 Å². The van der Waals surface area contributed by atoms with Crippen LogP contribution in [0.3, 0.4) is 0 Å². The highest BCUT2D eigenvalue weighted by Crippen LogP contribution is 2.42. The van der Waals surface area contributed by atoms with Crippen LogP contribution in [0.2, 0.25) is 0 Å². The van der Waals surface area contributed by atoms with Crippen molar-refractivity contribution in [2.24, 2.45) is 0 Å². The Hall–Kier alpha value is -4.13. The van der Waals surface area contributed by atoms with Crippen LogP contribution in [0, 0.1) is 11.3 Å². The van der Waals surface area contributed by atoms with Gasteiger partial charge in [-0.1, -0.05) is 18.7 Å². The van der Waals surface area contributed by atoms with Gasteiger partial charge in [-0.25, -0.2) is 9.55 Å². The summed E-state index contributed by atoms with van der Waals surface area (Å²) in [6.07, 6.45) is 6.53. The van der Waals surface area contributed by atoms with E-state index in [-0.39, 0.29) is 5.91 Å². The zero-order valence-electron chi connectivity index (χ0n) is 18.5. The maximum atomic E-state index is 11.7. The largest absolute Gasteiger partial charge is 0.471 e. The van der Waals surface area contributed by atoms with Crippen molar-refractivity contribution in [3.63, 3.8) is 0 Å². The van der Waals surface area contributed by atoms with Crippen molar-refractivity contribution < 1.29 is 23.7 Å². The van der Waals surface area contributed by atoms with Crippen molar-refractivity contribution in [2.75, 3.05) is 5.32 Å². The van der Waals surface area contributed by atoms with Crippen LogP contribution in [0.5, 0.6) is 0 Å². The van der Waals surface area contributed by atoms with E-state index in [0.29, 0.717) is 39.0 Å². The molecule has 3 heterocycles. The molecule has 1 amide bonds. The molecule has 0 aliphatic heterocycles. The Bertz CT molecular complexity index is 1540. The normalized spacial score (nSPS) is 12.2. The summed E-state index contributed by atoms with van der Waals surface area (Å²) in [4.78, 5) is 39.0. The van der Waals surface area contributed by atoms with E-state index in [0.717, 1.165) is 11.6 Å². The highest BCUT2D eigenvalue weighted by molar-refractivity contribution is 7.46. The second-order valence-corrected chi connectivity index (χ2v) is 8.78. The number of anilines is 1. The van der Waals surface area contributed by atoms with Crippen molar-refractivity contribution in [1.82, 2.24) is 14.5 Å². The number of carbonyl (C=O) groups excluding carboxylic acids is 1. The van der Waals surface area contributed by atoms with Crippen LogP contribution < -0.4 is 5.32 Å². The third-order valence-electron chi connectivity index (χ3n) is 5.18. The van der Waals surface area contributed by atoms with Gasteiger partial charge < -0.3 is 19.7 Å². The number of carbonyl (C=O) groups is 1. The maximum Gasteiger partial charge on any atom is 0.471 e. The van der Waals surface area contributed by atoms with Crippen molar-refractivity contribution in [1.29, 1.82) is 5.26 Å². The second kappa shape index (κ2) is 9.62. The van der Waals surface area contributed by atoms with Gasteiger partial charge in [0.25, 0.3) is 0 Å². The molecule has 0 saturated heterocycles. The predicted molar refractivity (Wildman–Crippen MR) is 130 cm³/mol. The Kier molecular flexibility index (Phi) is 6.60. The van der Waals surface area contributed by atoms with Crippen LogP contribution in [0.1, 0.15) is 18.7 Å². The molecule has 0 radical (unpaired) electrons. The van der Waals surface area contributed by atoms with Gasteiger partial charge in [-0.2, -0.15) is 5.26 Å². The number of phosphoric ester groups is 1. The molecule has 0 saturated carbocycles. The molecule has 1 unspecified atom stereocenters. The number of nitrogens with one attached hydrogen (secondary N) is 1. The third kappa shape index (κ3) is 5.35. The number of nitriles is 1. The summed E-state index contributed by atoms with van der Waals surface area (Å²) in [5.41, 5.74) is 4.16. The van der Waals surface area contributed by atoms with Crippen molar-refractivity contribution in [3.05, 3.63) is 79.4 Å². The molecule has 4 rings (SSSR count). The molecular formula is C24H20N5O5P. The fourth-order valence-corrected chi connectivity index (χ4v) is 4.16. The Morgan fingerprint density at radius 2 is 2.00 bits per heavy atom. The van der Waals surface area contributed by atoms with E-state index in [9.17, 15) is 24.4 Å². The van der Waals surface area contributed by atoms with Crippen LogP contribution in [0.4, 0.5) is 5.69 Å². The smallest absolute Gasteiger partial charge is 0.321 e. The number of benzene rings is 1. The topological polar surface area (TPSA) is 150 Å². The first-order valence-electron chi connectivity index (χ1n) is 10.3. The van der Waals surface area contributed by atoms with Crippen molar-refractivity contribution >= 4 is 30.5 Å². The first-order chi connectivity index (χ1) is 16.7. The minimum Gasteiger partial charge on any atom is -0.321 e. The molecule has 0 aliphatic rings. The van der Waals surface area contributed by atoms with Gasteiger partial charge in [-0.3, -0.25) is 14.3 Å². The molecule has 1 atom stereocenters. The Morgan fingerprint density at radius 3 is 2.71 bits per heavy atom. The Balaban J connectivity index is 1.88. The number of nitrogens with zero attached hydrogens (tertiary/aromatic N) is 4. The number of hydrogen-bond donors (Lipinski definition) is 3. The van der Waals surface area contributed by atoms with Gasteiger partial charge in [-0.05, 0) is 42.8 Å². The highest BCUT2D eigenvalue weighted by Gasteiger charge is 2.23. The Morgan fingerprint density at radius 1 is 1.23 bits per heavy atom. The van der Waals surface area contributed by atoms with E-state index in [4.69, 9.17) is 4.52 Å². The monoisotopic (exact) mass is 489 g/mol. The number of phosphoric acid groups is 1. The average Bonchev–Trinajstić information content (AvgIpc) is 3.22. The number of aromatic nitrogens is 3. The summed E-state index contributed by atoms with van der Waals surface area (Å²) in [5, 5.41) is 12.7.